The Hall–Kier alpha value is -2.47. The van der Waals surface area contributed by atoms with E-state index in [-0.39, 0.29) is 0 Å². The van der Waals surface area contributed by atoms with E-state index in [4.69, 9.17) is 0 Å². The average Bonchev–Trinajstić information content (AvgIpc) is 2.96. The Kier molecular flexibility index (Phi) is 3.77. The van der Waals surface area contributed by atoms with Crippen molar-refractivity contribution in [2.24, 2.45) is 0 Å². The van der Waals surface area contributed by atoms with Gasteiger partial charge in [0.15, 0.2) is 9.84 Å². The number of pyridine rings is 1. The van der Waals surface area contributed by atoms with E-state index < -0.39 is 9.84 Å². The molecule has 0 radical (unpaired) electrons. The number of nitrogens with zero attached hydrogens (tertiary/aromatic N) is 3. The molecule has 3 rings (SSSR count). The van der Waals surface area contributed by atoms with Crippen LogP contribution in [0.15, 0.2) is 66.1 Å². The van der Waals surface area contributed by atoms with Crippen LogP contribution in [-0.4, -0.2) is 29.4 Å². The van der Waals surface area contributed by atoms with Gasteiger partial charge >= 0.3 is 0 Å². The Morgan fingerprint density at radius 2 is 1.68 bits per heavy atom. The SMILES string of the molecule is CS(=O)(=O)c1ccc(Cn2cc(-c3ccncc3)cn2)cc1. The van der Waals surface area contributed by atoms with Gasteiger partial charge in [0.05, 0.1) is 17.6 Å². The van der Waals surface area contributed by atoms with Crippen molar-refractivity contribution >= 4 is 9.84 Å². The van der Waals surface area contributed by atoms with Crippen LogP contribution in [0.2, 0.25) is 0 Å². The third-order valence-corrected chi connectivity index (χ3v) is 4.47. The summed E-state index contributed by atoms with van der Waals surface area (Å²) >= 11 is 0. The highest BCUT2D eigenvalue weighted by Gasteiger charge is 2.07. The number of sulfone groups is 1. The number of hydrogen-bond donors (Lipinski definition) is 0. The van der Waals surface area contributed by atoms with Crippen LogP contribution < -0.4 is 0 Å². The lowest BCUT2D eigenvalue weighted by atomic mass is 10.1. The van der Waals surface area contributed by atoms with E-state index in [0.717, 1.165) is 16.7 Å². The van der Waals surface area contributed by atoms with Crippen LogP contribution in [0, 0.1) is 0 Å². The summed E-state index contributed by atoms with van der Waals surface area (Å²) in [5.74, 6) is 0. The first-order valence-electron chi connectivity index (χ1n) is 6.74. The molecule has 3 aromatic rings. The highest BCUT2D eigenvalue weighted by atomic mass is 32.2. The first-order valence-corrected chi connectivity index (χ1v) is 8.63. The van der Waals surface area contributed by atoms with Crippen molar-refractivity contribution in [2.75, 3.05) is 6.26 Å². The van der Waals surface area contributed by atoms with Gasteiger partial charge in [0, 0.05) is 30.4 Å². The molecule has 6 heteroatoms. The quantitative estimate of drug-likeness (QED) is 0.742. The molecule has 0 atom stereocenters. The van der Waals surface area contributed by atoms with Gasteiger partial charge in [0.25, 0.3) is 0 Å². The van der Waals surface area contributed by atoms with Crippen LogP contribution >= 0.6 is 0 Å². The van der Waals surface area contributed by atoms with Gasteiger partial charge in [-0.2, -0.15) is 5.10 Å². The summed E-state index contributed by atoms with van der Waals surface area (Å²) in [5, 5.41) is 4.34. The van der Waals surface area contributed by atoms with Gasteiger partial charge in [-0.15, -0.1) is 0 Å². The van der Waals surface area contributed by atoms with Crippen LogP contribution in [-0.2, 0) is 16.4 Å². The van der Waals surface area contributed by atoms with Gasteiger partial charge in [-0.25, -0.2) is 8.42 Å². The standard InChI is InChI=1S/C16H15N3O2S/c1-22(20,21)16-4-2-13(3-5-16)11-19-12-15(10-18-19)14-6-8-17-9-7-14/h2-10,12H,11H2,1H3. The van der Waals surface area contributed by atoms with Crippen LogP contribution in [0.25, 0.3) is 11.1 Å². The van der Waals surface area contributed by atoms with E-state index in [2.05, 4.69) is 10.1 Å². The van der Waals surface area contributed by atoms with Gasteiger partial charge < -0.3 is 0 Å². The van der Waals surface area contributed by atoms with Gasteiger partial charge in [0.1, 0.15) is 0 Å². The fraction of sp³-hybridized carbons (Fsp3) is 0.125. The van der Waals surface area contributed by atoms with E-state index in [1.165, 1.54) is 6.26 Å². The molecular weight excluding hydrogens is 298 g/mol. The molecule has 22 heavy (non-hydrogen) atoms. The topological polar surface area (TPSA) is 64.8 Å². The first-order chi connectivity index (χ1) is 10.5. The minimum Gasteiger partial charge on any atom is -0.268 e. The Morgan fingerprint density at radius 3 is 2.32 bits per heavy atom. The zero-order valence-corrected chi connectivity index (χ0v) is 12.9. The molecule has 112 valence electrons. The number of benzene rings is 1. The van der Waals surface area contributed by atoms with Gasteiger partial charge in [-0.05, 0) is 35.4 Å². The molecule has 5 nitrogen and oxygen atoms in total. The Labute approximate surface area is 129 Å². The second-order valence-corrected chi connectivity index (χ2v) is 7.09. The summed E-state index contributed by atoms with van der Waals surface area (Å²) in [6, 6.07) is 10.7. The van der Waals surface area contributed by atoms with Crippen LogP contribution in [0.1, 0.15) is 5.56 Å². The van der Waals surface area contributed by atoms with Gasteiger partial charge in [0.2, 0.25) is 0 Å². The van der Waals surface area contributed by atoms with Crippen molar-refractivity contribution < 1.29 is 8.42 Å². The molecule has 0 aliphatic rings. The molecular formula is C16H15N3O2S. The summed E-state index contributed by atoms with van der Waals surface area (Å²) in [4.78, 5) is 4.33. The molecule has 0 N–H and O–H groups in total. The van der Waals surface area contributed by atoms with E-state index in [1.807, 2.05) is 35.1 Å². The minimum atomic E-state index is -3.15. The smallest absolute Gasteiger partial charge is 0.175 e. The molecule has 1 aromatic carbocycles. The van der Waals surface area contributed by atoms with Crippen molar-refractivity contribution in [1.82, 2.24) is 14.8 Å². The molecule has 0 saturated carbocycles. The van der Waals surface area contributed by atoms with E-state index in [0.29, 0.717) is 11.4 Å². The van der Waals surface area contributed by atoms with Crippen molar-refractivity contribution in [3.63, 3.8) is 0 Å². The van der Waals surface area contributed by atoms with Crippen molar-refractivity contribution in [2.45, 2.75) is 11.4 Å². The molecule has 0 bridgehead atoms. The molecule has 0 aliphatic heterocycles. The number of aromatic nitrogens is 3. The summed E-state index contributed by atoms with van der Waals surface area (Å²) in [5.41, 5.74) is 3.08. The number of rotatable bonds is 4. The predicted octanol–water partition coefficient (Wildman–Crippen LogP) is 2.40. The van der Waals surface area contributed by atoms with E-state index in [1.54, 1.807) is 30.7 Å². The highest BCUT2D eigenvalue weighted by molar-refractivity contribution is 7.90. The third kappa shape index (κ3) is 3.23. The van der Waals surface area contributed by atoms with Gasteiger partial charge in [-0.1, -0.05) is 12.1 Å². The summed E-state index contributed by atoms with van der Waals surface area (Å²) in [6.07, 6.45) is 8.46. The summed E-state index contributed by atoms with van der Waals surface area (Å²) in [6.45, 7) is 0.592. The van der Waals surface area contributed by atoms with E-state index in [9.17, 15) is 8.42 Å². The maximum Gasteiger partial charge on any atom is 0.175 e. The first kappa shape index (κ1) is 14.5. The van der Waals surface area contributed by atoms with Crippen LogP contribution in [0.5, 0.6) is 0 Å². The summed E-state index contributed by atoms with van der Waals surface area (Å²) < 4.78 is 24.7. The zero-order chi connectivity index (χ0) is 15.6. The molecule has 0 fully saturated rings. The Bertz CT molecular complexity index is 869. The monoisotopic (exact) mass is 313 g/mol. The predicted molar refractivity (Wildman–Crippen MR) is 84.1 cm³/mol. The fourth-order valence-corrected chi connectivity index (χ4v) is 2.80. The second-order valence-electron chi connectivity index (χ2n) is 5.08. The largest absolute Gasteiger partial charge is 0.268 e. The normalized spacial score (nSPS) is 11.5. The molecule has 0 unspecified atom stereocenters. The summed E-state index contributed by atoms with van der Waals surface area (Å²) in [7, 11) is -3.15. The fourth-order valence-electron chi connectivity index (χ4n) is 2.17. The molecule has 2 heterocycles. The molecule has 0 amide bonds. The van der Waals surface area contributed by atoms with Gasteiger partial charge in [-0.3, -0.25) is 9.67 Å². The average molecular weight is 313 g/mol. The van der Waals surface area contributed by atoms with Crippen molar-refractivity contribution in [1.29, 1.82) is 0 Å². The maximum absolute atomic E-state index is 11.4. The maximum atomic E-state index is 11.4. The molecule has 0 saturated heterocycles. The number of hydrogen-bond acceptors (Lipinski definition) is 4. The molecule has 0 aliphatic carbocycles. The lowest BCUT2D eigenvalue weighted by Gasteiger charge is -2.03. The molecule has 2 aromatic heterocycles. The Morgan fingerprint density at radius 1 is 1.00 bits per heavy atom. The lowest BCUT2D eigenvalue weighted by Crippen LogP contribution is -2.01. The van der Waals surface area contributed by atoms with Crippen molar-refractivity contribution in [3.8, 4) is 11.1 Å². The minimum absolute atomic E-state index is 0.328. The Balaban J connectivity index is 1.78. The molecule has 0 spiro atoms. The second kappa shape index (κ2) is 5.73. The lowest BCUT2D eigenvalue weighted by molar-refractivity contribution is 0.602. The third-order valence-electron chi connectivity index (χ3n) is 3.34. The zero-order valence-electron chi connectivity index (χ0n) is 12.0. The highest BCUT2D eigenvalue weighted by Crippen LogP contribution is 2.18. The van der Waals surface area contributed by atoms with E-state index >= 15 is 0 Å². The van der Waals surface area contributed by atoms with Crippen molar-refractivity contribution in [3.05, 3.63) is 66.7 Å². The van der Waals surface area contributed by atoms with Crippen LogP contribution in [0.3, 0.4) is 0 Å². The van der Waals surface area contributed by atoms with Crippen LogP contribution in [0.4, 0.5) is 0 Å².